The Morgan fingerprint density at radius 1 is 1.11 bits per heavy atom. The van der Waals surface area contributed by atoms with Crippen molar-refractivity contribution in [2.75, 3.05) is 38.1 Å². The van der Waals surface area contributed by atoms with Gasteiger partial charge < -0.3 is 15.1 Å². The molecule has 28 heavy (non-hydrogen) atoms. The second-order valence-electron chi connectivity index (χ2n) is 7.92. The van der Waals surface area contributed by atoms with E-state index in [-0.39, 0.29) is 5.91 Å². The lowest BCUT2D eigenvalue weighted by Gasteiger charge is -2.37. The summed E-state index contributed by atoms with van der Waals surface area (Å²) in [4.78, 5) is 17.3. The van der Waals surface area contributed by atoms with Crippen LogP contribution in [-0.4, -0.2) is 65.1 Å². The molecule has 0 atom stereocenters. The highest BCUT2D eigenvalue weighted by Gasteiger charge is 2.30. The highest BCUT2D eigenvalue weighted by atomic mass is 16.2. The third kappa shape index (κ3) is 3.76. The van der Waals surface area contributed by atoms with Crippen LogP contribution in [0.4, 0.5) is 5.69 Å². The van der Waals surface area contributed by atoms with E-state index >= 15 is 0 Å². The van der Waals surface area contributed by atoms with E-state index in [1.165, 1.54) is 5.69 Å². The third-order valence-electron chi connectivity index (χ3n) is 6.25. The van der Waals surface area contributed by atoms with E-state index in [0.717, 1.165) is 57.6 Å². The van der Waals surface area contributed by atoms with Crippen LogP contribution in [0.1, 0.15) is 47.9 Å². The quantitative estimate of drug-likeness (QED) is 0.879. The number of anilines is 1. The van der Waals surface area contributed by atoms with Gasteiger partial charge in [0.1, 0.15) is 0 Å². The average molecular weight is 383 g/mol. The molecule has 0 radical (unpaired) electrons. The number of hydrogen-bond donors (Lipinski definition) is 1. The van der Waals surface area contributed by atoms with Gasteiger partial charge in [-0.25, -0.2) is 4.68 Å². The molecule has 150 valence electrons. The molecule has 7 nitrogen and oxygen atoms in total. The van der Waals surface area contributed by atoms with E-state index in [2.05, 4.69) is 51.8 Å². The Labute approximate surface area is 166 Å². The first kappa shape index (κ1) is 18.9. The first-order valence-corrected chi connectivity index (χ1v) is 10.3. The van der Waals surface area contributed by atoms with Crippen molar-refractivity contribution in [1.29, 1.82) is 0 Å². The van der Waals surface area contributed by atoms with E-state index in [4.69, 9.17) is 0 Å². The van der Waals surface area contributed by atoms with Crippen molar-refractivity contribution in [2.24, 2.45) is 0 Å². The maximum atomic E-state index is 13.0. The number of hydrogen-bond acceptors (Lipinski definition) is 5. The minimum absolute atomic E-state index is 0.0264. The minimum Gasteiger partial charge on any atom is -0.371 e. The molecule has 2 saturated heterocycles. The van der Waals surface area contributed by atoms with Crippen LogP contribution in [0.15, 0.2) is 30.3 Å². The average Bonchev–Trinajstić information content (AvgIpc) is 3.15. The Morgan fingerprint density at radius 3 is 2.46 bits per heavy atom. The Balaban J connectivity index is 1.38. The molecule has 2 fully saturated rings. The van der Waals surface area contributed by atoms with Crippen molar-refractivity contribution in [3.63, 3.8) is 0 Å². The maximum Gasteiger partial charge on any atom is 0.276 e. The molecular weight excluding hydrogens is 352 g/mol. The first-order valence-electron chi connectivity index (χ1n) is 10.3. The van der Waals surface area contributed by atoms with Gasteiger partial charge in [0, 0.05) is 31.9 Å². The molecule has 1 N–H and O–H groups in total. The van der Waals surface area contributed by atoms with E-state index in [1.54, 1.807) is 0 Å². The lowest BCUT2D eigenvalue weighted by Crippen LogP contribution is -2.46. The number of nitrogens with one attached hydrogen (secondary N) is 1. The summed E-state index contributed by atoms with van der Waals surface area (Å²) in [7, 11) is 2.15. The molecule has 3 heterocycles. The van der Waals surface area contributed by atoms with Crippen LogP contribution in [0.2, 0.25) is 0 Å². The monoisotopic (exact) mass is 382 g/mol. The summed E-state index contributed by atoms with van der Waals surface area (Å²) in [6.45, 7) is 5.50. The van der Waals surface area contributed by atoms with E-state index in [1.807, 2.05) is 22.6 Å². The summed E-state index contributed by atoms with van der Waals surface area (Å²) in [5.74, 6) is 0.0264. The summed E-state index contributed by atoms with van der Waals surface area (Å²) in [5.41, 5.74) is 2.65. The number of likely N-dealkylation sites (tertiary alicyclic amines) is 1. The zero-order valence-electron chi connectivity index (χ0n) is 16.8. The van der Waals surface area contributed by atoms with Crippen molar-refractivity contribution in [2.45, 2.75) is 44.7 Å². The molecule has 2 aliphatic rings. The molecule has 4 rings (SSSR count). The summed E-state index contributed by atoms with van der Waals surface area (Å²) in [6, 6.07) is 11.3. The Hall–Kier alpha value is -2.41. The van der Waals surface area contributed by atoms with Crippen LogP contribution in [0.3, 0.4) is 0 Å². The van der Waals surface area contributed by atoms with Crippen LogP contribution in [0, 0.1) is 6.92 Å². The maximum absolute atomic E-state index is 13.0. The second kappa shape index (κ2) is 8.31. The lowest BCUT2D eigenvalue weighted by molar-refractivity contribution is 0.0706. The Morgan fingerprint density at radius 2 is 1.79 bits per heavy atom. The fraction of sp³-hybridized carbons (Fsp3) is 0.571. The van der Waals surface area contributed by atoms with Crippen LogP contribution in [-0.2, 0) is 0 Å². The van der Waals surface area contributed by atoms with Crippen LogP contribution in [0.25, 0.3) is 0 Å². The lowest BCUT2D eigenvalue weighted by atomic mass is 10.0. The number of rotatable bonds is 4. The molecule has 0 aliphatic carbocycles. The van der Waals surface area contributed by atoms with E-state index in [9.17, 15) is 4.79 Å². The van der Waals surface area contributed by atoms with Gasteiger partial charge in [-0.3, -0.25) is 4.79 Å². The fourth-order valence-electron chi connectivity index (χ4n) is 4.42. The molecule has 2 aliphatic heterocycles. The van der Waals surface area contributed by atoms with Gasteiger partial charge in [-0.1, -0.05) is 23.4 Å². The van der Waals surface area contributed by atoms with Gasteiger partial charge in [0.25, 0.3) is 5.91 Å². The Kier molecular flexibility index (Phi) is 5.62. The molecule has 1 aromatic carbocycles. The summed E-state index contributed by atoms with van der Waals surface area (Å²) in [6.07, 6.45) is 4.02. The highest BCUT2D eigenvalue weighted by Crippen LogP contribution is 2.24. The number of nitrogens with zero attached hydrogens (tertiary/aromatic N) is 5. The molecule has 0 bridgehead atoms. The topological polar surface area (TPSA) is 66.3 Å². The predicted molar refractivity (Wildman–Crippen MR) is 110 cm³/mol. The van der Waals surface area contributed by atoms with E-state index < -0.39 is 0 Å². The molecule has 0 unspecified atom stereocenters. The van der Waals surface area contributed by atoms with Crippen molar-refractivity contribution in [3.05, 3.63) is 41.7 Å². The molecule has 1 aromatic heterocycles. The molecule has 0 spiro atoms. The minimum atomic E-state index is 0.0264. The van der Waals surface area contributed by atoms with Gasteiger partial charge in [0.2, 0.25) is 0 Å². The van der Waals surface area contributed by atoms with Crippen LogP contribution in [0.5, 0.6) is 0 Å². The number of para-hydroxylation sites is 1. The largest absolute Gasteiger partial charge is 0.371 e. The van der Waals surface area contributed by atoms with Gasteiger partial charge in [-0.15, -0.1) is 5.10 Å². The first-order chi connectivity index (χ1) is 13.6. The summed E-state index contributed by atoms with van der Waals surface area (Å²) in [5, 5.41) is 11.9. The zero-order valence-corrected chi connectivity index (χ0v) is 16.8. The smallest absolute Gasteiger partial charge is 0.276 e. The Bertz CT molecular complexity index is 790. The molecule has 7 heteroatoms. The number of carbonyl (C=O) groups excluding carboxylic acids is 1. The second-order valence-corrected chi connectivity index (χ2v) is 7.92. The normalized spacial score (nSPS) is 19.0. The van der Waals surface area contributed by atoms with Crippen molar-refractivity contribution >= 4 is 11.6 Å². The predicted octanol–water partition coefficient (Wildman–Crippen LogP) is 2.25. The number of piperidine rings is 2. The number of aromatic nitrogens is 3. The van der Waals surface area contributed by atoms with Gasteiger partial charge >= 0.3 is 0 Å². The summed E-state index contributed by atoms with van der Waals surface area (Å²) >= 11 is 0. The van der Waals surface area contributed by atoms with Gasteiger partial charge in [-0.05, 0) is 57.8 Å². The van der Waals surface area contributed by atoms with Crippen LogP contribution < -0.4 is 10.2 Å². The zero-order chi connectivity index (χ0) is 19.5. The standard InChI is InChI=1S/C21H30N6O/c1-16-20(23-24-27(16)19-8-12-22-13-9-19)21(28)26-14-10-18(11-15-26)25(2)17-6-4-3-5-7-17/h3-7,18-19,22H,8-15H2,1-2H3. The highest BCUT2D eigenvalue weighted by molar-refractivity contribution is 5.93. The number of amides is 1. The molecule has 0 saturated carbocycles. The summed E-state index contributed by atoms with van der Waals surface area (Å²) < 4.78 is 1.96. The molecule has 1 amide bonds. The van der Waals surface area contributed by atoms with Gasteiger partial charge in [-0.2, -0.15) is 0 Å². The van der Waals surface area contributed by atoms with E-state index in [0.29, 0.717) is 17.8 Å². The molecule has 2 aromatic rings. The number of benzene rings is 1. The van der Waals surface area contributed by atoms with Crippen LogP contribution >= 0.6 is 0 Å². The van der Waals surface area contributed by atoms with Gasteiger partial charge in [0.05, 0.1) is 11.7 Å². The van der Waals surface area contributed by atoms with Crippen molar-refractivity contribution < 1.29 is 4.79 Å². The van der Waals surface area contributed by atoms with Crippen molar-refractivity contribution in [1.82, 2.24) is 25.2 Å². The fourth-order valence-corrected chi connectivity index (χ4v) is 4.42. The van der Waals surface area contributed by atoms with Crippen molar-refractivity contribution in [3.8, 4) is 0 Å². The molecular formula is C21H30N6O. The van der Waals surface area contributed by atoms with Gasteiger partial charge in [0.15, 0.2) is 5.69 Å². The SMILES string of the molecule is Cc1c(C(=O)N2CCC(N(C)c3ccccc3)CC2)nnn1C1CCNCC1. The third-order valence-corrected chi connectivity index (χ3v) is 6.25. The number of carbonyl (C=O) groups is 1.